The second-order valence-corrected chi connectivity index (χ2v) is 6.47. The number of para-hydroxylation sites is 2. The van der Waals surface area contributed by atoms with Gasteiger partial charge < -0.3 is 18.6 Å². The van der Waals surface area contributed by atoms with Crippen molar-refractivity contribution in [3.8, 4) is 23.0 Å². The summed E-state index contributed by atoms with van der Waals surface area (Å²) in [5.74, 6) is -0.240. The van der Waals surface area contributed by atoms with Crippen LogP contribution in [0.1, 0.15) is 17.3 Å². The third-order valence-corrected chi connectivity index (χ3v) is 4.35. The highest BCUT2D eigenvalue weighted by Crippen LogP contribution is 2.31. The number of carbonyl (C=O) groups excluding carboxylic acids is 1. The van der Waals surface area contributed by atoms with E-state index in [1.807, 2.05) is 6.92 Å². The van der Waals surface area contributed by atoms with Crippen LogP contribution < -0.4 is 19.6 Å². The molecule has 0 N–H and O–H groups in total. The first kappa shape index (κ1) is 20.2. The van der Waals surface area contributed by atoms with Crippen LogP contribution in [0.3, 0.4) is 0 Å². The van der Waals surface area contributed by atoms with Crippen molar-refractivity contribution in [2.75, 3.05) is 6.61 Å². The lowest BCUT2D eigenvalue weighted by Gasteiger charge is -2.11. The topological polar surface area (TPSA) is 75.0 Å². The normalized spacial score (nSPS) is 10.6. The van der Waals surface area contributed by atoms with Crippen molar-refractivity contribution in [3.63, 3.8) is 0 Å². The van der Waals surface area contributed by atoms with Crippen molar-refractivity contribution in [2.45, 2.75) is 6.92 Å². The van der Waals surface area contributed by atoms with Crippen molar-refractivity contribution in [1.29, 1.82) is 0 Å². The molecule has 4 aromatic rings. The molecule has 0 aliphatic carbocycles. The molecular formula is C24H17FO6. The number of hydrogen-bond acceptors (Lipinski definition) is 6. The van der Waals surface area contributed by atoms with Gasteiger partial charge in [-0.25, -0.2) is 9.18 Å². The molecule has 6 nitrogen and oxygen atoms in total. The van der Waals surface area contributed by atoms with Crippen LogP contribution in [0.25, 0.3) is 11.0 Å². The first-order valence-electron chi connectivity index (χ1n) is 9.48. The van der Waals surface area contributed by atoms with Crippen molar-refractivity contribution in [1.82, 2.24) is 0 Å². The minimum Gasteiger partial charge on any atom is -0.490 e. The summed E-state index contributed by atoms with van der Waals surface area (Å²) < 4.78 is 35.3. The third kappa shape index (κ3) is 4.40. The Bertz CT molecular complexity index is 1310. The molecule has 1 heterocycles. The molecule has 31 heavy (non-hydrogen) atoms. The molecule has 0 atom stereocenters. The van der Waals surface area contributed by atoms with Crippen LogP contribution in [-0.4, -0.2) is 12.6 Å². The molecule has 4 rings (SSSR count). The lowest BCUT2D eigenvalue weighted by atomic mass is 10.2. The zero-order chi connectivity index (χ0) is 21.8. The van der Waals surface area contributed by atoms with Gasteiger partial charge in [0.15, 0.2) is 11.5 Å². The average molecular weight is 420 g/mol. The van der Waals surface area contributed by atoms with Gasteiger partial charge in [0.2, 0.25) is 11.2 Å². The SMILES string of the molecule is CCOc1ccccc1Oc1coc2cc(OC(=O)c3cccc(F)c3)ccc2c1=O. The van der Waals surface area contributed by atoms with Gasteiger partial charge in [-0.15, -0.1) is 0 Å². The number of fused-ring (bicyclic) bond motifs is 1. The van der Waals surface area contributed by atoms with Gasteiger partial charge >= 0.3 is 5.97 Å². The van der Waals surface area contributed by atoms with Crippen molar-refractivity contribution in [3.05, 3.63) is 94.6 Å². The van der Waals surface area contributed by atoms with Gasteiger partial charge in [-0.2, -0.15) is 0 Å². The van der Waals surface area contributed by atoms with Gasteiger partial charge in [-0.05, 0) is 49.4 Å². The van der Waals surface area contributed by atoms with E-state index < -0.39 is 17.2 Å². The number of ether oxygens (including phenoxy) is 3. The minimum absolute atomic E-state index is 0.0100. The number of esters is 1. The van der Waals surface area contributed by atoms with Crippen LogP contribution in [-0.2, 0) is 0 Å². The molecular weight excluding hydrogens is 403 g/mol. The highest BCUT2D eigenvalue weighted by Gasteiger charge is 2.14. The number of halogens is 1. The molecule has 0 saturated carbocycles. The molecule has 0 aliphatic rings. The molecule has 0 saturated heterocycles. The minimum atomic E-state index is -0.728. The van der Waals surface area contributed by atoms with Crippen LogP contribution in [0.4, 0.5) is 4.39 Å². The Kier molecular flexibility index (Phi) is 5.66. The first-order chi connectivity index (χ1) is 15.0. The summed E-state index contributed by atoms with van der Waals surface area (Å²) in [5, 5.41) is 0.247. The van der Waals surface area contributed by atoms with Gasteiger partial charge in [0, 0.05) is 6.07 Å². The average Bonchev–Trinajstić information content (AvgIpc) is 2.77. The highest BCUT2D eigenvalue weighted by molar-refractivity contribution is 5.91. The summed E-state index contributed by atoms with van der Waals surface area (Å²) in [7, 11) is 0. The molecule has 156 valence electrons. The van der Waals surface area contributed by atoms with Crippen molar-refractivity contribution >= 4 is 16.9 Å². The molecule has 0 aliphatic heterocycles. The molecule has 0 fully saturated rings. The second-order valence-electron chi connectivity index (χ2n) is 6.47. The zero-order valence-corrected chi connectivity index (χ0v) is 16.5. The van der Waals surface area contributed by atoms with Gasteiger partial charge in [0.1, 0.15) is 23.4 Å². The van der Waals surface area contributed by atoms with Crippen LogP contribution in [0.2, 0.25) is 0 Å². The fraction of sp³-hybridized carbons (Fsp3) is 0.0833. The van der Waals surface area contributed by atoms with Crippen LogP contribution >= 0.6 is 0 Å². The first-order valence-corrected chi connectivity index (χ1v) is 9.48. The van der Waals surface area contributed by atoms with Gasteiger partial charge in [0.25, 0.3) is 0 Å². The Hall–Kier alpha value is -4.13. The summed E-state index contributed by atoms with van der Waals surface area (Å²) in [6.07, 6.45) is 1.19. The van der Waals surface area contributed by atoms with E-state index in [4.69, 9.17) is 18.6 Å². The summed E-state index contributed by atoms with van der Waals surface area (Å²) in [6.45, 7) is 2.30. The molecule has 0 bridgehead atoms. The maximum Gasteiger partial charge on any atom is 0.343 e. The number of carbonyl (C=O) groups is 1. The van der Waals surface area contributed by atoms with Crippen molar-refractivity contribution in [2.24, 2.45) is 0 Å². The number of rotatable bonds is 6. The largest absolute Gasteiger partial charge is 0.490 e. The quantitative estimate of drug-likeness (QED) is 0.310. The number of benzene rings is 3. The summed E-state index contributed by atoms with van der Waals surface area (Å²) >= 11 is 0. The molecule has 0 amide bonds. The van der Waals surface area contributed by atoms with E-state index in [9.17, 15) is 14.0 Å². The molecule has 3 aromatic carbocycles. The summed E-state index contributed by atoms with van der Waals surface area (Å²) in [6, 6.07) is 16.5. The van der Waals surface area contributed by atoms with Crippen LogP contribution in [0, 0.1) is 5.82 Å². The predicted octanol–water partition coefficient (Wildman–Crippen LogP) is 5.34. The standard InChI is InChI=1S/C24H17FO6/c1-2-28-19-8-3-4-9-20(19)31-22-14-29-21-13-17(10-11-18(21)23(22)26)30-24(27)15-6-5-7-16(25)12-15/h3-14H,2H2,1H3. The van der Waals surface area contributed by atoms with Gasteiger partial charge in [0.05, 0.1) is 17.6 Å². The van der Waals surface area contributed by atoms with Crippen LogP contribution in [0.15, 0.2) is 82.2 Å². The Labute approximate surface area is 176 Å². The van der Waals surface area contributed by atoms with E-state index >= 15 is 0 Å². The van der Waals surface area contributed by atoms with Crippen LogP contribution in [0.5, 0.6) is 23.0 Å². The lowest BCUT2D eigenvalue weighted by Crippen LogP contribution is -2.09. The van der Waals surface area contributed by atoms with E-state index in [1.54, 1.807) is 24.3 Å². The van der Waals surface area contributed by atoms with E-state index in [2.05, 4.69) is 0 Å². The molecule has 1 aromatic heterocycles. The monoisotopic (exact) mass is 420 g/mol. The summed E-state index contributed by atoms with van der Waals surface area (Å²) in [4.78, 5) is 25.0. The fourth-order valence-electron chi connectivity index (χ4n) is 2.93. The Morgan fingerprint density at radius 3 is 2.55 bits per heavy atom. The smallest absolute Gasteiger partial charge is 0.343 e. The third-order valence-electron chi connectivity index (χ3n) is 4.35. The maximum atomic E-state index is 13.3. The lowest BCUT2D eigenvalue weighted by molar-refractivity contribution is 0.0734. The van der Waals surface area contributed by atoms with E-state index in [0.29, 0.717) is 18.1 Å². The Morgan fingerprint density at radius 1 is 0.968 bits per heavy atom. The molecule has 7 heteroatoms. The molecule has 0 spiro atoms. The maximum absolute atomic E-state index is 13.3. The fourth-order valence-corrected chi connectivity index (χ4v) is 2.93. The van der Waals surface area contributed by atoms with Gasteiger partial charge in [-0.3, -0.25) is 4.79 Å². The molecule has 0 unspecified atom stereocenters. The van der Waals surface area contributed by atoms with E-state index in [-0.39, 0.29) is 28.0 Å². The highest BCUT2D eigenvalue weighted by atomic mass is 19.1. The van der Waals surface area contributed by atoms with Crippen molar-refractivity contribution < 1.29 is 27.8 Å². The Morgan fingerprint density at radius 2 is 1.77 bits per heavy atom. The zero-order valence-electron chi connectivity index (χ0n) is 16.5. The number of hydrogen-bond donors (Lipinski definition) is 0. The second kappa shape index (κ2) is 8.71. The summed E-state index contributed by atoms with van der Waals surface area (Å²) in [5.41, 5.74) is -0.117. The van der Waals surface area contributed by atoms with Gasteiger partial charge in [-0.1, -0.05) is 18.2 Å². The van der Waals surface area contributed by atoms with E-state index in [0.717, 1.165) is 6.07 Å². The predicted molar refractivity (Wildman–Crippen MR) is 112 cm³/mol. The van der Waals surface area contributed by atoms with E-state index in [1.165, 1.54) is 42.7 Å². The Balaban J connectivity index is 1.60. The molecule has 0 radical (unpaired) electrons.